The first-order valence-corrected chi connectivity index (χ1v) is 8.53. The van der Waals surface area contributed by atoms with Crippen molar-refractivity contribution in [1.29, 1.82) is 0 Å². The first kappa shape index (κ1) is 30.7. The normalized spacial score (nSPS) is 16.4. The van der Waals surface area contributed by atoms with E-state index in [-0.39, 0.29) is 0 Å². The Labute approximate surface area is 165 Å². The summed E-state index contributed by atoms with van der Waals surface area (Å²) in [4.78, 5) is 0. The molecular formula is C11H6F17O3S-. The van der Waals surface area contributed by atoms with Crippen LogP contribution in [0, 0.1) is 0 Å². The second kappa shape index (κ2) is 7.90. The average Bonchev–Trinajstić information content (AvgIpc) is 2.50. The van der Waals surface area contributed by atoms with Gasteiger partial charge in [0.25, 0.3) is 0 Å². The molecule has 21 heteroatoms. The maximum atomic E-state index is 13.4. The summed E-state index contributed by atoms with van der Waals surface area (Å²) in [5.74, 6) is -48.7. The Hall–Kier alpha value is -1.28. The van der Waals surface area contributed by atoms with Gasteiger partial charge in [-0.1, -0.05) is 0 Å². The molecule has 0 fully saturated rings. The number of halogens is 17. The van der Waals surface area contributed by atoms with Crippen molar-refractivity contribution in [1.82, 2.24) is 0 Å². The Kier molecular flexibility index (Phi) is 7.58. The Balaban J connectivity index is 6.47. The van der Waals surface area contributed by atoms with Gasteiger partial charge in [-0.3, -0.25) is 0 Å². The van der Waals surface area contributed by atoms with E-state index in [2.05, 4.69) is 0 Å². The van der Waals surface area contributed by atoms with E-state index in [1.165, 1.54) is 0 Å². The summed E-state index contributed by atoms with van der Waals surface area (Å²) in [5, 5.41) is -7.85. The van der Waals surface area contributed by atoms with Crippen LogP contribution < -0.4 is 0 Å². The predicted molar refractivity (Wildman–Crippen MR) is 64.2 cm³/mol. The maximum Gasteiger partial charge on any atom is 0.402 e. The van der Waals surface area contributed by atoms with Crippen LogP contribution in [0.3, 0.4) is 0 Å². The van der Waals surface area contributed by atoms with E-state index in [1.807, 2.05) is 0 Å². The fourth-order valence-corrected chi connectivity index (χ4v) is 2.27. The van der Waals surface area contributed by atoms with Crippen LogP contribution in [0.2, 0.25) is 0 Å². The quantitative estimate of drug-likeness (QED) is 0.265. The van der Waals surface area contributed by atoms with Gasteiger partial charge < -0.3 is 4.55 Å². The van der Waals surface area contributed by atoms with Crippen molar-refractivity contribution in [3.63, 3.8) is 0 Å². The zero-order valence-electron chi connectivity index (χ0n) is 14.2. The first-order valence-electron chi connectivity index (χ1n) is 7.12. The van der Waals surface area contributed by atoms with Gasteiger partial charge in [0.2, 0.25) is 0 Å². The Morgan fingerprint density at radius 3 is 1.12 bits per heavy atom. The van der Waals surface area contributed by atoms with E-state index < -0.39 is 76.3 Å². The van der Waals surface area contributed by atoms with Crippen LogP contribution in [0.25, 0.3) is 0 Å². The fraction of sp³-hybridized carbons (Fsp3) is 1.00. The molecule has 0 aromatic heterocycles. The van der Waals surface area contributed by atoms with E-state index >= 15 is 0 Å². The lowest BCUT2D eigenvalue weighted by Gasteiger charge is -2.42. The van der Waals surface area contributed by atoms with Crippen molar-refractivity contribution >= 4 is 10.1 Å². The third kappa shape index (κ3) is 4.54. The molecular weight excluding hydrogens is 535 g/mol. The molecule has 0 saturated heterocycles. The van der Waals surface area contributed by atoms with E-state index in [0.717, 1.165) is 0 Å². The molecule has 0 N–H and O–H groups in total. The largest absolute Gasteiger partial charge is 0.743 e. The van der Waals surface area contributed by atoms with Crippen LogP contribution in [0.15, 0.2) is 0 Å². The molecule has 0 saturated carbocycles. The third-order valence-corrected chi connectivity index (χ3v) is 4.55. The monoisotopic (exact) mass is 541 g/mol. The summed E-state index contributed by atoms with van der Waals surface area (Å²) in [5.41, 5.74) is 0. The number of hydrogen-bond acceptors (Lipinski definition) is 3. The highest BCUT2D eigenvalue weighted by Crippen LogP contribution is 2.63. The van der Waals surface area contributed by atoms with Gasteiger partial charge in [-0.15, -0.1) is 0 Å². The van der Waals surface area contributed by atoms with Crippen molar-refractivity contribution < 1.29 is 87.6 Å². The van der Waals surface area contributed by atoms with Gasteiger partial charge in [0.05, 0.1) is 0 Å². The summed E-state index contributed by atoms with van der Waals surface area (Å²) < 4.78 is 250. The van der Waals surface area contributed by atoms with Gasteiger partial charge in [0.15, 0.2) is 10.1 Å². The predicted octanol–water partition coefficient (Wildman–Crippen LogP) is 5.67. The van der Waals surface area contributed by atoms with Gasteiger partial charge in [-0.2, -0.15) is 74.6 Å². The summed E-state index contributed by atoms with van der Waals surface area (Å²) in [6, 6.07) is 0. The van der Waals surface area contributed by atoms with Crippen LogP contribution in [0.5, 0.6) is 0 Å². The van der Waals surface area contributed by atoms with Gasteiger partial charge in [-0.05, 0) is 6.42 Å². The molecule has 0 rings (SSSR count). The topological polar surface area (TPSA) is 57.2 Å². The minimum atomic E-state index is -8.63. The first-order chi connectivity index (χ1) is 13.5. The van der Waals surface area contributed by atoms with E-state index in [0.29, 0.717) is 0 Å². The standard InChI is InChI=1S/C11H7F17O3S/c12-4(13,2-1-3-5(14,15)16)6(17,18)7(19,20)8(21,22)9(23,24)10(25,26)11(27,28)32(29,30)31/h1-3H2,(H,29,30,31)/p-1. The molecule has 0 bridgehead atoms. The molecule has 0 radical (unpaired) electrons. The van der Waals surface area contributed by atoms with E-state index in [4.69, 9.17) is 0 Å². The Bertz CT molecular complexity index is 782. The van der Waals surface area contributed by atoms with Crippen molar-refractivity contribution in [3.05, 3.63) is 0 Å². The summed E-state index contributed by atoms with van der Waals surface area (Å²) in [6.07, 6.45) is -13.1. The van der Waals surface area contributed by atoms with Crippen LogP contribution in [0.4, 0.5) is 74.6 Å². The second-order valence-corrected chi connectivity index (χ2v) is 7.44. The SMILES string of the molecule is O=S(=O)([O-])C(F)(F)C(F)(F)C(F)(F)C(F)(F)C(F)(F)C(F)(F)C(F)(F)CCCC(F)(F)F. The fourth-order valence-electron chi connectivity index (χ4n) is 1.83. The highest BCUT2D eigenvalue weighted by molar-refractivity contribution is 7.86. The van der Waals surface area contributed by atoms with Crippen LogP contribution in [-0.4, -0.2) is 59.9 Å². The van der Waals surface area contributed by atoms with Gasteiger partial charge >= 0.3 is 47.0 Å². The van der Waals surface area contributed by atoms with E-state index in [9.17, 15) is 87.6 Å². The number of alkyl halides is 17. The number of rotatable bonds is 10. The molecule has 32 heavy (non-hydrogen) atoms. The third-order valence-electron chi connectivity index (χ3n) is 3.67. The van der Waals surface area contributed by atoms with Crippen LogP contribution in [0.1, 0.15) is 19.3 Å². The zero-order chi connectivity index (χ0) is 26.6. The van der Waals surface area contributed by atoms with Crippen LogP contribution >= 0.6 is 0 Å². The van der Waals surface area contributed by atoms with Crippen molar-refractivity contribution in [2.24, 2.45) is 0 Å². The summed E-state index contributed by atoms with van der Waals surface area (Å²) in [7, 11) is -8.07. The second-order valence-electron chi connectivity index (χ2n) is 6.02. The maximum absolute atomic E-state index is 13.4. The molecule has 0 aromatic rings. The smallest absolute Gasteiger partial charge is 0.402 e. The van der Waals surface area contributed by atoms with Gasteiger partial charge in [-0.25, -0.2) is 8.42 Å². The highest BCUT2D eigenvalue weighted by Gasteiger charge is 2.93. The molecule has 0 aliphatic rings. The molecule has 0 aromatic carbocycles. The molecule has 0 atom stereocenters. The zero-order valence-corrected chi connectivity index (χ0v) is 15.0. The lowest BCUT2D eigenvalue weighted by Crippen LogP contribution is -2.73. The van der Waals surface area contributed by atoms with Crippen molar-refractivity contribution in [3.8, 4) is 0 Å². The number of hydrogen-bond donors (Lipinski definition) is 0. The van der Waals surface area contributed by atoms with Gasteiger partial charge in [0, 0.05) is 12.8 Å². The average molecular weight is 541 g/mol. The molecule has 3 nitrogen and oxygen atoms in total. The molecule has 0 amide bonds. The molecule has 0 unspecified atom stereocenters. The lowest BCUT2D eigenvalue weighted by atomic mass is 9.89. The van der Waals surface area contributed by atoms with Crippen molar-refractivity contribution in [2.75, 3.05) is 0 Å². The minimum Gasteiger partial charge on any atom is -0.743 e. The molecule has 0 aliphatic heterocycles. The Morgan fingerprint density at radius 1 is 0.500 bits per heavy atom. The minimum absolute atomic E-state index is 2.20. The highest BCUT2D eigenvalue weighted by atomic mass is 32.2. The lowest BCUT2D eigenvalue weighted by molar-refractivity contribution is -0.436. The molecule has 0 aliphatic carbocycles. The van der Waals surface area contributed by atoms with Crippen molar-refractivity contribution in [2.45, 2.75) is 66.2 Å². The summed E-state index contributed by atoms with van der Waals surface area (Å²) in [6.45, 7) is 0. The molecule has 0 heterocycles. The van der Waals surface area contributed by atoms with Gasteiger partial charge in [0.1, 0.15) is 0 Å². The molecule has 0 spiro atoms. The van der Waals surface area contributed by atoms with Crippen LogP contribution in [-0.2, 0) is 10.1 Å². The summed E-state index contributed by atoms with van der Waals surface area (Å²) >= 11 is 0. The van der Waals surface area contributed by atoms with E-state index in [1.54, 1.807) is 0 Å². The molecule has 194 valence electrons. The Morgan fingerprint density at radius 2 is 0.812 bits per heavy atom.